The maximum absolute atomic E-state index is 11.6. The minimum atomic E-state index is -0.289. The third-order valence-corrected chi connectivity index (χ3v) is 2.23. The van der Waals surface area contributed by atoms with E-state index in [-0.39, 0.29) is 24.2 Å². The second-order valence-electron chi connectivity index (χ2n) is 3.57. The number of carbonyl (C=O) groups is 2. The standard InChI is InChI=1S/C11H22N2O3/c1-3-5-9(8-12)11(15)13-7-6-10(14)16-4-2/h9H,3-8,12H2,1-2H3,(H,13,15). The molecule has 0 aromatic heterocycles. The van der Waals surface area contributed by atoms with Crippen LogP contribution < -0.4 is 11.1 Å². The van der Waals surface area contributed by atoms with Gasteiger partial charge in [0.05, 0.1) is 18.9 Å². The van der Waals surface area contributed by atoms with Crippen LogP contribution >= 0.6 is 0 Å². The average Bonchev–Trinajstić information content (AvgIpc) is 2.26. The lowest BCUT2D eigenvalue weighted by Gasteiger charge is -2.13. The topological polar surface area (TPSA) is 81.4 Å². The molecule has 0 aliphatic rings. The van der Waals surface area contributed by atoms with E-state index in [1.807, 2.05) is 6.92 Å². The summed E-state index contributed by atoms with van der Waals surface area (Å²) in [5.41, 5.74) is 5.49. The quantitative estimate of drug-likeness (QED) is 0.592. The first-order chi connectivity index (χ1) is 7.65. The zero-order chi connectivity index (χ0) is 12.4. The molecular weight excluding hydrogens is 208 g/mol. The van der Waals surface area contributed by atoms with Gasteiger partial charge in [0.15, 0.2) is 0 Å². The summed E-state index contributed by atoms with van der Waals surface area (Å²) in [4.78, 5) is 22.6. The first-order valence-electron chi connectivity index (χ1n) is 5.79. The predicted molar refractivity (Wildman–Crippen MR) is 61.7 cm³/mol. The lowest BCUT2D eigenvalue weighted by Crippen LogP contribution is -2.36. The van der Waals surface area contributed by atoms with Crippen LogP contribution in [0.2, 0.25) is 0 Å². The van der Waals surface area contributed by atoms with Crippen LogP contribution in [0.1, 0.15) is 33.1 Å². The summed E-state index contributed by atoms with van der Waals surface area (Å²) in [7, 11) is 0. The molecule has 0 radical (unpaired) electrons. The number of nitrogens with one attached hydrogen (secondary N) is 1. The number of amides is 1. The molecule has 1 unspecified atom stereocenters. The lowest BCUT2D eigenvalue weighted by atomic mass is 10.0. The second kappa shape index (κ2) is 9.15. The number of nitrogens with two attached hydrogens (primary N) is 1. The van der Waals surface area contributed by atoms with Crippen molar-refractivity contribution in [2.45, 2.75) is 33.1 Å². The number of carbonyl (C=O) groups excluding carboxylic acids is 2. The van der Waals surface area contributed by atoms with Gasteiger partial charge in [-0.3, -0.25) is 9.59 Å². The normalized spacial score (nSPS) is 11.9. The molecule has 1 atom stereocenters. The van der Waals surface area contributed by atoms with Crippen molar-refractivity contribution in [3.05, 3.63) is 0 Å². The van der Waals surface area contributed by atoms with Gasteiger partial charge in [-0.1, -0.05) is 13.3 Å². The minimum Gasteiger partial charge on any atom is -0.466 e. The summed E-state index contributed by atoms with van der Waals surface area (Å²) in [6.07, 6.45) is 1.91. The molecule has 0 heterocycles. The molecule has 5 heteroatoms. The molecule has 0 aromatic rings. The smallest absolute Gasteiger partial charge is 0.307 e. The van der Waals surface area contributed by atoms with E-state index in [0.29, 0.717) is 19.7 Å². The zero-order valence-corrected chi connectivity index (χ0v) is 10.1. The van der Waals surface area contributed by atoms with Crippen molar-refractivity contribution in [3.63, 3.8) is 0 Å². The van der Waals surface area contributed by atoms with E-state index in [9.17, 15) is 9.59 Å². The first kappa shape index (κ1) is 14.9. The molecule has 0 aliphatic carbocycles. The Morgan fingerprint density at radius 3 is 2.56 bits per heavy atom. The highest BCUT2D eigenvalue weighted by molar-refractivity contribution is 5.79. The Morgan fingerprint density at radius 1 is 1.38 bits per heavy atom. The highest BCUT2D eigenvalue weighted by atomic mass is 16.5. The molecule has 0 spiro atoms. The number of hydrogen-bond donors (Lipinski definition) is 2. The molecule has 0 rings (SSSR count). The van der Waals surface area contributed by atoms with Crippen LogP contribution in [0.4, 0.5) is 0 Å². The summed E-state index contributed by atoms with van der Waals surface area (Å²) >= 11 is 0. The van der Waals surface area contributed by atoms with Gasteiger partial charge in [-0.2, -0.15) is 0 Å². The Balaban J connectivity index is 3.74. The molecule has 0 fully saturated rings. The highest BCUT2D eigenvalue weighted by Crippen LogP contribution is 2.04. The van der Waals surface area contributed by atoms with Crippen molar-refractivity contribution in [3.8, 4) is 0 Å². The van der Waals surface area contributed by atoms with E-state index in [4.69, 9.17) is 10.5 Å². The molecule has 0 bridgehead atoms. The summed E-state index contributed by atoms with van der Waals surface area (Å²) < 4.78 is 4.74. The summed E-state index contributed by atoms with van der Waals surface area (Å²) in [5, 5.41) is 2.69. The number of ether oxygens (including phenoxy) is 1. The molecule has 0 aromatic carbocycles. The largest absolute Gasteiger partial charge is 0.466 e. The molecule has 0 saturated heterocycles. The Labute approximate surface area is 96.7 Å². The zero-order valence-electron chi connectivity index (χ0n) is 10.1. The van der Waals surface area contributed by atoms with E-state index in [0.717, 1.165) is 12.8 Å². The fourth-order valence-corrected chi connectivity index (χ4v) is 1.37. The number of rotatable bonds is 8. The Hall–Kier alpha value is -1.10. The second-order valence-corrected chi connectivity index (χ2v) is 3.57. The van der Waals surface area contributed by atoms with Crippen molar-refractivity contribution >= 4 is 11.9 Å². The molecule has 16 heavy (non-hydrogen) atoms. The van der Waals surface area contributed by atoms with Crippen LogP contribution in [0.3, 0.4) is 0 Å². The Kier molecular flexibility index (Phi) is 8.52. The van der Waals surface area contributed by atoms with E-state index < -0.39 is 0 Å². The van der Waals surface area contributed by atoms with Gasteiger partial charge in [-0.05, 0) is 13.3 Å². The molecule has 3 N–H and O–H groups in total. The molecular formula is C11H22N2O3. The summed E-state index contributed by atoms with van der Waals surface area (Å²) in [5.74, 6) is -0.511. The third-order valence-electron chi connectivity index (χ3n) is 2.23. The van der Waals surface area contributed by atoms with Crippen LogP contribution in [0.5, 0.6) is 0 Å². The van der Waals surface area contributed by atoms with Crippen LogP contribution in [-0.2, 0) is 14.3 Å². The fourth-order valence-electron chi connectivity index (χ4n) is 1.37. The van der Waals surface area contributed by atoms with Crippen molar-refractivity contribution in [2.75, 3.05) is 19.7 Å². The lowest BCUT2D eigenvalue weighted by molar-refractivity contribution is -0.143. The van der Waals surface area contributed by atoms with Crippen molar-refractivity contribution in [2.24, 2.45) is 11.7 Å². The van der Waals surface area contributed by atoms with Gasteiger partial charge in [0, 0.05) is 13.1 Å². The first-order valence-corrected chi connectivity index (χ1v) is 5.79. The van der Waals surface area contributed by atoms with E-state index in [2.05, 4.69) is 5.32 Å². The summed E-state index contributed by atoms with van der Waals surface area (Å²) in [6, 6.07) is 0. The van der Waals surface area contributed by atoms with Crippen LogP contribution in [0, 0.1) is 5.92 Å². The van der Waals surface area contributed by atoms with Gasteiger partial charge in [-0.15, -0.1) is 0 Å². The van der Waals surface area contributed by atoms with Gasteiger partial charge >= 0.3 is 5.97 Å². The van der Waals surface area contributed by atoms with Gasteiger partial charge in [-0.25, -0.2) is 0 Å². The van der Waals surface area contributed by atoms with Gasteiger partial charge < -0.3 is 15.8 Å². The van der Waals surface area contributed by atoms with Crippen LogP contribution in [0.25, 0.3) is 0 Å². The van der Waals surface area contributed by atoms with Gasteiger partial charge in [0.25, 0.3) is 0 Å². The van der Waals surface area contributed by atoms with Gasteiger partial charge in [0.2, 0.25) is 5.91 Å². The number of hydrogen-bond acceptors (Lipinski definition) is 4. The SMILES string of the molecule is CCCC(CN)C(=O)NCCC(=O)OCC. The summed E-state index contributed by atoms with van der Waals surface area (Å²) in [6.45, 7) is 4.79. The maximum atomic E-state index is 11.6. The van der Waals surface area contributed by atoms with Crippen molar-refractivity contribution in [1.82, 2.24) is 5.32 Å². The Morgan fingerprint density at radius 2 is 2.06 bits per heavy atom. The van der Waals surface area contributed by atoms with E-state index >= 15 is 0 Å². The van der Waals surface area contributed by atoms with E-state index in [1.165, 1.54) is 0 Å². The molecule has 1 amide bonds. The molecule has 0 saturated carbocycles. The minimum absolute atomic E-state index is 0.0753. The van der Waals surface area contributed by atoms with E-state index in [1.54, 1.807) is 6.92 Å². The van der Waals surface area contributed by atoms with Crippen molar-refractivity contribution < 1.29 is 14.3 Å². The molecule has 0 aliphatic heterocycles. The number of esters is 1. The molecule has 94 valence electrons. The monoisotopic (exact) mass is 230 g/mol. The maximum Gasteiger partial charge on any atom is 0.307 e. The van der Waals surface area contributed by atoms with Crippen molar-refractivity contribution in [1.29, 1.82) is 0 Å². The molecule has 5 nitrogen and oxygen atoms in total. The Bertz CT molecular complexity index is 219. The van der Waals surface area contributed by atoms with Crippen LogP contribution in [-0.4, -0.2) is 31.6 Å². The fraction of sp³-hybridized carbons (Fsp3) is 0.818. The third kappa shape index (κ3) is 6.40. The predicted octanol–water partition coefficient (Wildman–Crippen LogP) is 0.431. The average molecular weight is 230 g/mol. The van der Waals surface area contributed by atoms with Gasteiger partial charge in [0.1, 0.15) is 0 Å². The van der Waals surface area contributed by atoms with Crippen LogP contribution in [0.15, 0.2) is 0 Å². The highest BCUT2D eigenvalue weighted by Gasteiger charge is 2.15.